The van der Waals surface area contributed by atoms with E-state index in [4.69, 9.17) is 4.74 Å². The molecule has 5 nitrogen and oxygen atoms in total. The number of fused-ring (bicyclic) bond motifs is 2. The van der Waals surface area contributed by atoms with E-state index in [1.54, 1.807) is 0 Å². The molecule has 4 heterocycles. The maximum atomic E-state index is 13.2. The number of carbonyl (C=O) groups excluding carboxylic acids is 1. The van der Waals surface area contributed by atoms with E-state index in [2.05, 4.69) is 10.2 Å². The monoisotopic (exact) mass is 303 g/mol. The van der Waals surface area contributed by atoms with Gasteiger partial charge in [-0.25, -0.2) is 0 Å². The number of piperidine rings is 1. The Kier molecular flexibility index (Phi) is 3.31. The quantitative estimate of drug-likeness (QED) is 0.847. The van der Waals surface area contributed by atoms with Crippen molar-refractivity contribution in [3.05, 3.63) is 23.5 Å². The Balaban J connectivity index is 1.66. The van der Waals surface area contributed by atoms with Crippen molar-refractivity contribution < 1.29 is 9.53 Å². The van der Waals surface area contributed by atoms with Crippen molar-refractivity contribution in [1.82, 2.24) is 14.8 Å². The summed E-state index contributed by atoms with van der Waals surface area (Å²) < 4.78 is 7.73. The second-order valence-electron chi connectivity index (χ2n) is 7.21. The lowest BCUT2D eigenvalue weighted by atomic mass is 9.70. The van der Waals surface area contributed by atoms with Crippen LogP contribution >= 0.6 is 0 Å². The van der Waals surface area contributed by atoms with E-state index in [0.29, 0.717) is 12.5 Å². The number of nitrogens with zero attached hydrogens (tertiary/aromatic N) is 2. The lowest BCUT2D eigenvalue weighted by Gasteiger charge is -2.37. The highest BCUT2D eigenvalue weighted by atomic mass is 16.5. The smallest absolute Gasteiger partial charge is 0.271 e. The summed E-state index contributed by atoms with van der Waals surface area (Å²) in [4.78, 5) is 15.3. The van der Waals surface area contributed by atoms with Gasteiger partial charge in [-0.2, -0.15) is 0 Å². The molecule has 2 atom stereocenters. The standard InChI is InChI=1S/C17H25N3O2/c1-12-3-8-19(2)15(12)16(21)20-11-17(4-6-18-7-5-17)13-9-22-10-14(13)20/h3,8,13-14,18H,4-7,9-11H2,1-2H3/t13-,14+/m1/s1. The molecule has 1 aromatic heterocycles. The number of aromatic nitrogens is 1. The minimum atomic E-state index is 0.181. The zero-order valence-electron chi connectivity index (χ0n) is 13.5. The van der Waals surface area contributed by atoms with E-state index < -0.39 is 0 Å². The Labute approximate surface area is 131 Å². The minimum Gasteiger partial charge on any atom is -0.379 e. The second kappa shape index (κ2) is 5.10. The van der Waals surface area contributed by atoms with E-state index in [1.807, 2.05) is 30.8 Å². The molecule has 1 aromatic rings. The molecular formula is C17H25N3O2. The molecule has 1 spiro atoms. The molecule has 22 heavy (non-hydrogen) atoms. The van der Waals surface area contributed by atoms with Gasteiger partial charge >= 0.3 is 0 Å². The summed E-state index contributed by atoms with van der Waals surface area (Å²) in [5.41, 5.74) is 2.16. The fraction of sp³-hybridized carbons (Fsp3) is 0.706. The molecule has 0 bridgehead atoms. The Bertz CT molecular complexity index is 569. The fourth-order valence-electron chi connectivity index (χ4n) is 4.80. The molecule has 5 heteroatoms. The number of nitrogens with one attached hydrogen (secondary N) is 1. The minimum absolute atomic E-state index is 0.181. The number of amides is 1. The van der Waals surface area contributed by atoms with Crippen molar-refractivity contribution in [1.29, 1.82) is 0 Å². The Morgan fingerprint density at radius 1 is 1.36 bits per heavy atom. The van der Waals surface area contributed by atoms with Crippen LogP contribution in [0, 0.1) is 18.3 Å². The van der Waals surface area contributed by atoms with Crippen LogP contribution in [0.25, 0.3) is 0 Å². The van der Waals surface area contributed by atoms with Gasteiger partial charge in [0.05, 0.1) is 19.3 Å². The summed E-state index contributed by atoms with van der Waals surface area (Å²) >= 11 is 0. The van der Waals surface area contributed by atoms with Gasteiger partial charge in [-0.3, -0.25) is 4.79 Å². The molecule has 3 fully saturated rings. The lowest BCUT2D eigenvalue weighted by molar-refractivity contribution is 0.0598. The first-order chi connectivity index (χ1) is 10.6. The van der Waals surface area contributed by atoms with Gasteiger partial charge in [0.1, 0.15) is 5.69 Å². The summed E-state index contributed by atoms with van der Waals surface area (Å²) in [5, 5.41) is 3.46. The average Bonchev–Trinajstić information content (AvgIpc) is 3.18. The van der Waals surface area contributed by atoms with Gasteiger partial charge in [0, 0.05) is 25.7 Å². The average molecular weight is 303 g/mol. The maximum Gasteiger partial charge on any atom is 0.271 e. The van der Waals surface area contributed by atoms with Gasteiger partial charge in [0.15, 0.2) is 0 Å². The van der Waals surface area contributed by atoms with E-state index in [1.165, 1.54) is 0 Å². The first-order valence-corrected chi connectivity index (χ1v) is 8.34. The third-order valence-electron chi connectivity index (χ3n) is 6.06. The molecule has 1 N–H and O–H groups in total. The van der Waals surface area contributed by atoms with Gasteiger partial charge in [0.25, 0.3) is 5.91 Å². The Morgan fingerprint density at radius 3 is 2.82 bits per heavy atom. The number of hydrogen-bond acceptors (Lipinski definition) is 3. The predicted molar refractivity (Wildman–Crippen MR) is 83.8 cm³/mol. The molecule has 3 aliphatic rings. The number of hydrogen-bond donors (Lipinski definition) is 1. The van der Waals surface area contributed by atoms with Crippen LogP contribution < -0.4 is 5.32 Å². The van der Waals surface area contributed by atoms with Crippen molar-refractivity contribution in [3.63, 3.8) is 0 Å². The Morgan fingerprint density at radius 2 is 2.14 bits per heavy atom. The molecule has 1 amide bonds. The van der Waals surface area contributed by atoms with Crippen molar-refractivity contribution in [2.45, 2.75) is 25.8 Å². The molecule has 4 rings (SSSR count). The van der Waals surface area contributed by atoms with Gasteiger partial charge in [-0.05, 0) is 49.9 Å². The zero-order valence-corrected chi connectivity index (χ0v) is 13.5. The predicted octanol–water partition coefficient (Wildman–Crippen LogP) is 1.17. The van der Waals surface area contributed by atoms with E-state index in [-0.39, 0.29) is 17.4 Å². The molecule has 0 radical (unpaired) electrons. The second-order valence-corrected chi connectivity index (χ2v) is 7.21. The summed E-state index contributed by atoms with van der Waals surface area (Å²) in [6.07, 6.45) is 4.29. The number of rotatable bonds is 1. The first kappa shape index (κ1) is 14.3. The number of likely N-dealkylation sites (tertiary alicyclic amines) is 1. The summed E-state index contributed by atoms with van der Waals surface area (Å²) in [6.45, 7) is 6.57. The normalized spacial score (nSPS) is 30.0. The molecular weight excluding hydrogens is 278 g/mol. The van der Waals surface area contributed by atoms with Crippen LogP contribution in [0.5, 0.6) is 0 Å². The van der Waals surface area contributed by atoms with Crippen LogP contribution in [0.2, 0.25) is 0 Å². The number of aryl methyl sites for hydroxylation is 2. The van der Waals surface area contributed by atoms with E-state index in [9.17, 15) is 4.79 Å². The van der Waals surface area contributed by atoms with E-state index in [0.717, 1.165) is 50.3 Å². The molecule has 3 saturated heterocycles. The largest absolute Gasteiger partial charge is 0.379 e. The molecule has 120 valence electrons. The maximum absolute atomic E-state index is 13.2. The highest BCUT2D eigenvalue weighted by molar-refractivity contribution is 5.94. The zero-order chi connectivity index (χ0) is 15.3. The van der Waals surface area contributed by atoms with Crippen molar-refractivity contribution in [2.24, 2.45) is 18.4 Å². The summed E-state index contributed by atoms with van der Waals surface area (Å²) in [6, 6.07) is 2.28. The van der Waals surface area contributed by atoms with Crippen molar-refractivity contribution >= 4 is 5.91 Å². The number of ether oxygens (including phenoxy) is 1. The molecule has 0 saturated carbocycles. The van der Waals surface area contributed by atoms with Crippen LogP contribution in [0.15, 0.2) is 12.3 Å². The van der Waals surface area contributed by atoms with Gasteiger partial charge in [-0.1, -0.05) is 0 Å². The first-order valence-electron chi connectivity index (χ1n) is 8.34. The molecule has 0 aliphatic carbocycles. The van der Waals surface area contributed by atoms with Crippen molar-refractivity contribution in [2.75, 3.05) is 32.8 Å². The third-order valence-corrected chi connectivity index (χ3v) is 6.06. The van der Waals surface area contributed by atoms with Crippen LogP contribution in [-0.2, 0) is 11.8 Å². The van der Waals surface area contributed by atoms with Gasteiger partial charge in [-0.15, -0.1) is 0 Å². The SMILES string of the molecule is Cc1ccn(C)c1C(=O)N1CC2(CCNCC2)[C@@H]2COC[C@@H]21. The summed E-state index contributed by atoms with van der Waals surface area (Å²) in [5.74, 6) is 0.694. The van der Waals surface area contributed by atoms with Crippen molar-refractivity contribution in [3.8, 4) is 0 Å². The molecule has 0 aromatic carbocycles. The lowest BCUT2D eigenvalue weighted by Crippen LogP contribution is -2.43. The Hall–Kier alpha value is -1.33. The van der Waals surface area contributed by atoms with Crippen LogP contribution in [0.1, 0.15) is 28.9 Å². The van der Waals surface area contributed by atoms with Gasteiger partial charge in [0.2, 0.25) is 0 Å². The number of carbonyl (C=O) groups is 1. The topological polar surface area (TPSA) is 46.5 Å². The van der Waals surface area contributed by atoms with E-state index >= 15 is 0 Å². The van der Waals surface area contributed by atoms with Crippen LogP contribution in [0.3, 0.4) is 0 Å². The molecule has 0 unspecified atom stereocenters. The molecule has 3 aliphatic heterocycles. The van der Waals surface area contributed by atoms with Crippen LogP contribution in [-0.4, -0.2) is 54.3 Å². The van der Waals surface area contributed by atoms with Gasteiger partial charge < -0.3 is 19.5 Å². The van der Waals surface area contributed by atoms with Crippen LogP contribution in [0.4, 0.5) is 0 Å². The highest BCUT2D eigenvalue weighted by Crippen LogP contribution is 2.49. The third kappa shape index (κ3) is 1.95. The summed E-state index contributed by atoms with van der Waals surface area (Å²) in [7, 11) is 1.96. The highest BCUT2D eigenvalue weighted by Gasteiger charge is 2.56. The fourth-order valence-corrected chi connectivity index (χ4v) is 4.80.